The van der Waals surface area contributed by atoms with E-state index in [1.807, 2.05) is 24.3 Å². The van der Waals surface area contributed by atoms with Gasteiger partial charge < -0.3 is 5.11 Å². The number of carboxylic acid groups (broad SMARTS) is 1. The van der Waals surface area contributed by atoms with Gasteiger partial charge in [-0.3, -0.25) is 4.79 Å². The molecule has 1 aromatic rings. The first kappa shape index (κ1) is 10.3. The van der Waals surface area contributed by atoms with Crippen molar-refractivity contribution in [1.29, 1.82) is 0 Å². The summed E-state index contributed by atoms with van der Waals surface area (Å²) in [5.74, 6) is -0.818. The lowest BCUT2D eigenvalue weighted by Gasteiger charge is -1.95. The molecular formula is C12H12O2. The normalized spacial score (nSPS) is 10.3. The second kappa shape index (κ2) is 5.02. The summed E-state index contributed by atoms with van der Waals surface area (Å²) in [5.41, 5.74) is 2.02. The topological polar surface area (TPSA) is 37.3 Å². The fourth-order valence-corrected chi connectivity index (χ4v) is 1.09. The van der Waals surface area contributed by atoms with Gasteiger partial charge in [-0.25, -0.2) is 0 Å². The van der Waals surface area contributed by atoms with Gasteiger partial charge >= 0.3 is 5.97 Å². The van der Waals surface area contributed by atoms with Gasteiger partial charge in [0.05, 0.1) is 6.42 Å². The van der Waals surface area contributed by atoms with Crippen molar-refractivity contribution in [3.63, 3.8) is 0 Å². The number of rotatable bonds is 4. The number of hydrogen-bond acceptors (Lipinski definition) is 1. The van der Waals surface area contributed by atoms with Crippen LogP contribution in [-0.4, -0.2) is 11.1 Å². The Morgan fingerprint density at radius 2 is 2.14 bits per heavy atom. The van der Waals surface area contributed by atoms with E-state index in [4.69, 9.17) is 5.11 Å². The highest BCUT2D eigenvalue weighted by molar-refractivity contribution is 5.70. The summed E-state index contributed by atoms with van der Waals surface area (Å²) in [4.78, 5) is 10.2. The third-order valence-corrected chi connectivity index (χ3v) is 1.75. The Morgan fingerprint density at radius 1 is 1.43 bits per heavy atom. The van der Waals surface area contributed by atoms with Crippen LogP contribution in [0.5, 0.6) is 0 Å². The van der Waals surface area contributed by atoms with Crippen molar-refractivity contribution >= 4 is 18.1 Å². The second-order valence-electron chi connectivity index (χ2n) is 2.87. The van der Waals surface area contributed by atoms with Crippen LogP contribution in [0.25, 0.3) is 12.2 Å². The van der Waals surface area contributed by atoms with Gasteiger partial charge in [-0.05, 0) is 17.2 Å². The van der Waals surface area contributed by atoms with E-state index in [1.165, 1.54) is 0 Å². The molecule has 72 valence electrons. The predicted molar refractivity (Wildman–Crippen MR) is 57.8 cm³/mol. The summed E-state index contributed by atoms with van der Waals surface area (Å²) >= 11 is 0. The van der Waals surface area contributed by atoms with E-state index >= 15 is 0 Å². The molecule has 1 aromatic carbocycles. The molecule has 0 amide bonds. The smallest absolute Gasteiger partial charge is 0.307 e. The molecule has 0 aliphatic heterocycles. The fraction of sp³-hybridized carbons (Fsp3) is 0.0833. The molecule has 0 spiro atoms. The predicted octanol–water partition coefficient (Wildman–Crippen LogP) is 2.82. The molecule has 0 unspecified atom stereocenters. The minimum atomic E-state index is -0.818. The van der Waals surface area contributed by atoms with Gasteiger partial charge in [-0.2, -0.15) is 0 Å². The summed E-state index contributed by atoms with van der Waals surface area (Å²) in [6.45, 7) is 3.66. The first-order valence-corrected chi connectivity index (χ1v) is 4.33. The molecule has 0 saturated heterocycles. The largest absolute Gasteiger partial charge is 0.481 e. The average Bonchev–Trinajstić information content (AvgIpc) is 2.18. The first-order valence-electron chi connectivity index (χ1n) is 4.33. The van der Waals surface area contributed by atoms with Crippen LogP contribution in [-0.2, 0) is 4.79 Å². The van der Waals surface area contributed by atoms with Crippen molar-refractivity contribution in [2.75, 3.05) is 0 Å². The van der Waals surface area contributed by atoms with Crippen molar-refractivity contribution in [3.05, 3.63) is 48.0 Å². The minimum Gasteiger partial charge on any atom is -0.481 e. The summed E-state index contributed by atoms with van der Waals surface area (Å²) in [5, 5.41) is 8.42. The van der Waals surface area contributed by atoms with E-state index in [0.717, 1.165) is 11.1 Å². The molecule has 0 bridgehead atoms. The molecule has 0 aromatic heterocycles. The highest BCUT2D eigenvalue weighted by Gasteiger charge is 1.91. The average molecular weight is 188 g/mol. The Morgan fingerprint density at radius 3 is 2.79 bits per heavy atom. The maximum Gasteiger partial charge on any atom is 0.307 e. The molecular weight excluding hydrogens is 176 g/mol. The fourth-order valence-electron chi connectivity index (χ4n) is 1.09. The maximum absolute atomic E-state index is 10.2. The van der Waals surface area contributed by atoms with Gasteiger partial charge in [0.15, 0.2) is 0 Å². The molecule has 14 heavy (non-hydrogen) atoms. The summed E-state index contributed by atoms with van der Waals surface area (Å²) in [7, 11) is 0. The van der Waals surface area contributed by atoms with E-state index in [0.29, 0.717) is 0 Å². The molecule has 2 nitrogen and oxygen atoms in total. The summed E-state index contributed by atoms with van der Waals surface area (Å²) in [6, 6.07) is 7.73. The second-order valence-corrected chi connectivity index (χ2v) is 2.87. The molecule has 1 rings (SSSR count). The van der Waals surface area contributed by atoms with Gasteiger partial charge in [0.2, 0.25) is 0 Å². The summed E-state index contributed by atoms with van der Waals surface area (Å²) < 4.78 is 0. The van der Waals surface area contributed by atoms with Crippen molar-refractivity contribution in [3.8, 4) is 0 Å². The lowest BCUT2D eigenvalue weighted by molar-refractivity contribution is -0.135. The van der Waals surface area contributed by atoms with Gasteiger partial charge in [0, 0.05) is 0 Å². The van der Waals surface area contributed by atoms with Crippen LogP contribution in [0.4, 0.5) is 0 Å². The maximum atomic E-state index is 10.2. The van der Waals surface area contributed by atoms with Gasteiger partial charge in [-0.1, -0.05) is 43.0 Å². The number of benzene rings is 1. The zero-order chi connectivity index (χ0) is 10.4. The highest BCUT2D eigenvalue weighted by atomic mass is 16.4. The number of carbonyl (C=O) groups is 1. The molecule has 0 heterocycles. The molecule has 0 atom stereocenters. The zero-order valence-corrected chi connectivity index (χ0v) is 7.81. The number of carboxylic acids is 1. The van der Waals surface area contributed by atoms with Crippen LogP contribution in [0.2, 0.25) is 0 Å². The van der Waals surface area contributed by atoms with E-state index < -0.39 is 5.97 Å². The number of hydrogen-bond donors (Lipinski definition) is 1. The Hall–Kier alpha value is -1.83. The van der Waals surface area contributed by atoms with E-state index in [-0.39, 0.29) is 6.42 Å². The first-order chi connectivity index (χ1) is 6.72. The van der Waals surface area contributed by atoms with Crippen molar-refractivity contribution in [2.24, 2.45) is 0 Å². The monoisotopic (exact) mass is 188 g/mol. The summed E-state index contributed by atoms with van der Waals surface area (Å²) in [6.07, 6.45) is 5.23. The molecule has 0 aliphatic rings. The van der Waals surface area contributed by atoms with Crippen molar-refractivity contribution < 1.29 is 9.90 Å². The van der Waals surface area contributed by atoms with E-state index in [1.54, 1.807) is 18.2 Å². The van der Waals surface area contributed by atoms with Crippen molar-refractivity contribution in [1.82, 2.24) is 0 Å². The van der Waals surface area contributed by atoms with Crippen LogP contribution in [0.15, 0.2) is 36.9 Å². The molecule has 0 aliphatic carbocycles. The Balaban J connectivity index is 2.71. The third kappa shape index (κ3) is 3.27. The molecule has 0 fully saturated rings. The van der Waals surface area contributed by atoms with Crippen LogP contribution in [0.1, 0.15) is 17.5 Å². The number of aliphatic carboxylic acids is 1. The highest BCUT2D eigenvalue weighted by Crippen LogP contribution is 2.08. The van der Waals surface area contributed by atoms with Crippen LogP contribution < -0.4 is 0 Å². The van der Waals surface area contributed by atoms with Gasteiger partial charge in [-0.15, -0.1) is 0 Å². The lowest BCUT2D eigenvalue weighted by Crippen LogP contribution is -1.89. The SMILES string of the molecule is C=Cc1cccc(C=CCC(=O)O)c1. The van der Waals surface area contributed by atoms with Crippen LogP contribution in [0.3, 0.4) is 0 Å². The Bertz CT molecular complexity index is 364. The molecule has 0 saturated carbocycles. The van der Waals surface area contributed by atoms with Crippen molar-refractivity contribution in [2.45, 2.75) is 6.42 Å². The zero-order valence-electron chi connectivity index (χ0n) is 7.81. The Labute approximate surface area is 83.2 Å². The Kier molecular flexibility index (Phi) is 3.68. The van der Waals surface area contributed by atoms with E-state index in [2.05, 4.69) is 6.58 Å². The quantitative estimate of drug-likeness (QED) is 0.788. The molecule has 1 N–H and O–H groups in total. The molecule has 0 radical (unpaired) electrons. The van der Waals surface area contributed by atoms with Crippen LogP contribution >= 0.6 is 0 Å². The molecule has 2 heteroatoms. The third-order valence-electron chi connectivity index (χ3n) is 1.75. The lowest BCUT2D eigenvalue weighted by atomic mass is 10.1. The standard InChI is InChI=1S/C12H12O2/c1-2-10-5-3-6-11(9-10)7-4-8-12(13)14/h2-7,9H,1,8H2,(H,13,14). The minimum absolute atomic E-state index is 0.0539. The van der Waals surface area contributed by atoms with Crippen LogP contribution in [0, 0.1) is 0 Å². The van der Waals surface area contributed by atoms with Gasteiger partial charge in [0.1, 0.15) is 0 Å². The van der Waals surface area contributed by atoms with E-state index in [9.17, 15) is 4.79 Å². The van der Waals surface area contributed by atoms with Gasteiger partial charge in [0.25, 0.3) is 0 Å².